The minimum Gasteiger partial charge on any atom is -0.479 e. The third kappa shape index (κ3) is 4.16. The molecule has 1 heterocycles. The molecular weight excluding hydrogens is 344 g/mol. The third-order valence-corrected chi connectivity index (χ3v) is 4.54. The molecule has 0 spiro atoms. The lowest BCUT2D eigenvalue weighted by Crippen LogP contribution is -2.42. The first-order valence-corrected chi connectivity index (χ1v) is 8.83. The molecule has 0 fully saturated rings. The molecule has 27 heavy (non-hydrogen) atoms. The number of aryl methyl sites for hydroxylation is 1. The second kappa shape index (κ2) is 7.61. The molecule has 2 aromatic carbocycles. The number of nitrogens with one attached hydrogen (secondary N) is 1. The maximum Gasteiger partial charge on any atom is 0.267 e. The lowest BCUT2D eigenvalue weighted by Gasteiger charge is -2.30. The summed E-state index contributed by atoms with van der Waals surface area (Å²) in [5.74, 6) is 0.0359. The molecule has 1 N–H and O–H groups in total. The Hall–Kier alpha value is -3.15. The van der Waals surface area contributed by atoms with Crippen molar-refractivity contribution in [3.05, 3.63) is 53.6 Å². The van der Waals surface area contributed by atoms with Gasteiger partial charge in [0.15, 0.2) is 11.9 Å². The highest BCUT2D eigenvalue weighted by atomic mass is 16.5. The van der Waals surface area contributed by atoms with E-state index >= 15 is 0 Å². The number of ketones is 1. The molecule has 6 heteroatoms. The number of hydrogen-bond acceptors (Lipinski definition) is 4. The van der Waals surface area contributed by atoms with Crippen LogP contribution < -0.4 is 15.0 Å². The Bertz CT molecular complexity index is 890. The lowest BCUT2D eigenvalue weighted by atomic mass is 10.0. The molecule has 2 amide bonds. The van der Waals surface area contributed by atoms with Gasteiger partial charge in [-0.05, 0) is 44.2 Å². The van der Waals surface area contributed by atoms with Crippen molar-refractivity contribution in [1.29, 1.82) is 0 Å². The van der Waals surface area contributed by atoms with Crippen molar-refractivity contribution in [2.45, 2.75) is 32.8 Å². The topological polar surface area (TPSA) is 75.7 Å². The summed E-state index contributed by atoms with van der Waals surface area (Å²) in [5, 5.41) is 2.78. The lowest BCUT2D eigenvalue weighted by molar-refractivity contribution is -0.125. The molecule has 1 atom stereocenters. The molecular formula is C21H22N2O4. The second-order valence-electron chi connectivity index (χ2n) is 6.68. The smallest absolute Gasteiger partial charge is 0.267 e. The Morgan fingerprint density at radius 3 is 2.52 bits per heavy atom. The van der Waals surface area contributed by atoms with E-state index in [-0.39, 0.29) is 30.4 Å². The summed E-state index contributed by atoms with van der Waals surface area (Å²) in [5.41, 5.74) is 2.83. The van der Waals surface area contributed by atoms with Crippen molar-refractivity contribution >= 4 is 29.0 Å². The van der Waals surface area contributed by atoms with Crippen LogP contribution in [-0.2, 0) is 9.59 Å². The number of carbonyl (C=O) groups excluding carboxylic acids is 3. The van der Waals surface area contributed by atoms with Crippen LogP contribution >= 0.6 is 0 Å². The maximum absolute atomic E-state index is 12.5. The minimum absolute atomic E-state index is 0.0887. The van der Waals surface area contributed by atoms with Gasteiger partial charge in [-0.15, -0.1) is 0 Å². The molecule has 0 radical (unpaired) electrons. The van der Waals surface area contributed by atoms with E-state index in [1.54, 1.807) is 32.2 Å². The van der Waals surface area contributed by atoms with Crippen LogP contribution in [0.15, 0.2) is 42.5 Å². The fraction of sp³-hybridized carbons (Fsp3) is 0.286. The predicted molar refractivity (Wildman–Crippen MR) is 103 cm³/mol. The normalized spacial score (nSPS) is 15.7. The zero-order chi connectivity index (χ0) is 19.6. The standard InChI is InChI=1S/C21H22N2O4/c1-13-4-7-16(8-5-13)22-20(25)11-9-18(24)15-6-10-19-17(12-15)23(3)21(26)14(2)27-19/h4-8,10,12,14H,9,11H2,1-3H3,(H,22,25). The van der Waals surface area contributed by atoms with Gasteiger partial charge >= 0.3 is 0 Å². The van der Waals surface area contributed by atoms with Crippen LogP contribution in [0.25, 0.3) is 0 Å². The van der Waals surface area contributed by atoms with Gasteiger partial charge in [-0.3, -0.25) is 14.4 Å². The van der Waals surface area contributed by atoms with Gasteiger partial charge in [-0.1, -0.05) is 17.7 Å². The Morgan fingerprint density at radius 1 is 1.11 bits per heavy atom. The number of rotatable bonds is 5. The summed E-state index contributed by atoms with van der Waals surface area (Å²) in [6.45, 7) is 3.66. The zero-order valence-electron chi connectivity index (χ0n) is 15.6. The number of hydrogen-bond donors (Lipinski definition) is 1. The number of likely N-dealkylation sites (N-methyl/N-ethyl adjacent to an activating group) is 1. The SMILES string of the molecule is Cc1ccc(NC(=O)CCC(=O)c2ccc3c(c2)N(C)C(=O)C(C)O3)cc1. The zero-order valence-corrected chi connectivity index (χ0v) is 15.6. The van der Waals surface area contributed by atoms with Crippen molar-refractivity contribution in [3.63, 3.8) is 0 Å². The Labute approximate surface area is 158 Å². The number of amides is 2. The van der Waals surface area contributed by atoms with E-state index in [2.05, 4.69) is 5.32 Å². The number of Topliss-reactive ketones (excluding diaryl/α,β-unsaturated/α-hetero) is 1. The van der Waals surface area contributed by atoms with Gasteiger partial charge in [0.2, 0.25) is 5.91 Å². The minimum atomic E-state index is -0.547. The molecule has 0 saturated carbocycles. The summed E-state index contributed by atoms with van der Waals surface area (Å²) in [4.78, 5) is 38.1. The van der Waals surface area contributed by atoms with Gasteiger partial charge in [0.05, 0.1) is 5.69 Å². The fourth-order valence-corrected chi connectivity index (χ4v) is 2.92. The van der Waals surface area contributed by atoms with E-state index in [4.69, 9.17) is 4.74 Å². The predicted octanol–water partition coefficient (Wildman–Crippen LogP) is 3.34. The highest BCUT2D eigenvalue weighted by molar-refractivity contribution is 6.04. The first kappa shape index (κ1) is 18.6. The number of benzene rings is 2. The van der Waals surface area contributed by atoms with E-state index < -0.39 is 6.10 Å². The van der Waals surface area contributed by atoms with Gasteiger partial charge < -0.3 is 15.0 Å². The summed E-state index contributed by atoms with van der Waals surface area (Å²) in [6.07, 6.45) is -0.369. The van der Waals surface area contributed by atoms with Crippen LogP contribution in [0.5, 0.6) is 5.75 Å². The quantitative estimate of drug-likeness (QED) is 0.824. The first-order chi connectivity index (χ1) is 12.8. The van der Waals surface area contributed by atoms with Crippen molar-refractivity contribution in [1.82, 2.24) is 0 Å². The van der Waals surface area contributed by atoms with E-state index in [1.807, 2.05) is 31.2 Å². The molecule has 1 aliphatic heterocycles. The van der Waals surface area contributed by atoms with E-state index in [9.17, 15) is 14.4 Å². The number of anilines is 2. The fourth-order valence-electron chi connectivity index (χ4n) is 2.92. The Balaban J connectivity index is 1.62. The van der Waals surface area contributed by atoms with Crippen LogP contribution in [0.2, 0.25) is 0 Å². The van der Waals surface area contributed by atoms with Gasteiger partial charge in [-0.2, -0.15) is 0 Å². The number of nitrogens with zero attached hydrogens (tertiary/aromatic N) is 1. The number of carbonyl (C=O) groups is 3. The van der Waals surface area contributed by atoms with E-state index in [0.29, 0.717) is 22.7 Å². The molecule has 1 unspecified atom stereocenters. The van der Waals surface area contributed by atoms with Crippen molar-refractivity contribution in [3.8, 4) is 5.75 Å². The Morgan fingerprint density at radius 2 is 1.81 bits per heavy atom. The van der Waals surface area contributed by atoms with Crippen LogP contribution in [0.3, 0.4) is 0 Å². The van der Waals surface area contributed by atoms with E-state index in [0.717, 1.165) is 5.56 Å². The van der Waals surface area contributed by atoms with Gasteiger partial charge in [0.25, 0.3) is 5.91 Å². The van der Waals surface area contributed by atoms with Crippen LogP contribution in [0.1, 0.15) is 35.7 Å². The van der Waals surface area contributed by atoms with Crippen LogP contribution in [-0.4, -0.2) is 30.7 Å². The number of fused-ring (bicyclic) bond motifs is 1. The van der Waals surface area contributed by atoms with Gasteiger partial charge in [0.1, 0.15) is 5.75 Å². The molecule has 0 saturated heterocycles. The molecule has 140 valence electrons. The maximum atomic E-state index is 12.5. The Kier molecular flexibility index (Phi) is 5.26. The number of ether oxygens (including phenoxy) is 1. The molecule has 6 nitrogen and oxygen atoms in total. The van der Waals surface area contributed by atoms with Crippen molar-refractivity contribution < 1.29 is 19.1 Å². The summed E-state index contributed by atoms with van der Waals surface area (Å²) < 4.78 is 5.56. The summed E-state index contributed by atoms with van der Waals surface area (Å²) in [7, 11) is 1.66. The molecule has 0 aromatic heterocycles. The third-order valence-electron chi connectivity index (χ3n) is 4.54. The van der Waals surface area contributed by atoms with Crippen LogP contribution in [0.4, 0.5) is 11.4 Å². The summed E-state index contributed by atoms with van der Waals surface area (Å²) >= 11 is 0. The molecule has 3 rings (SSSR count). The molecule has 0 bridgehead atoms. The average molecular weight is 366 g/mol. The van der Waals surface area contributed by atoms with Gasteiger partial charge in [0, 0.05) is 31.1 Å². The monoisotopic (exact) mass is 366 g/mol. The second-order valence-corrected chi connectivity index (χ2v) is 6.68. The molecule has 0 aliphatic carbocycles. The largest absolute Gasteiger partial charge is 0.479 e. The highest BCUT2D eigenvalue weighted by Gasteiger charge is 2.29. The van der Waals surface area contributed by atoms with Crippen molar-refractivity contribution in [2.24, 2.45) is 0 Å². The van der Waals surface area contributed by atoms with Gasteiger partial charge in [-0.25, -0.2) is 0 Å². The molecule has 2 aromatic rings. The first-order valence-electron chi connectivity index (χ1n) is 8.83. The average Bonchev–Trinajstić information content (AvgIpc) is 2.66. The van der Waals surface area contributed by atoms with E-state index in [1.165, 1.54) is 4.90 Å². The highest BCUT2D eigenvalue weighted by Crippen LogP contribution is 2.34. The van der Waals surface area contributed by atoms with Crippen LogP contribution in [0, 0.1) is 6.92 Å². The van der Waals surface area contributed by atoms with Crippen molar-refractivity contribution in [2.75, 3.05) is 17.3 Å². The molecule has 1 aliphatic rings. The summed E-state index contributed by atoms with van der Waals surface area (Å²) in [6, 6.07) is 12.5.